The van der Waals surface area contributed by atoms with Crippen molar-refractivity contribution in [2.45, 2.75) is 19.2 Å². The van der Waals surface area contributed by atoms with E-state index >= 15 is 0 Å². The maximum atomic E-state index is 12.5. The lowest BCUT2D eigenvalue weighted by Crippen LogP contribution is -2.17. The second-order valence-corrected chi connectivity index (χ2v) is 6.47. The Labute approximate surface area is 155 Å². The number of alkyl halides is 1. The highest BCUT2D eigenvalue weighted by atomic mass is 35.5. The Morgan fingerprint density at radius 2 is 1.77 bits per heavy atom. The summed E-state index contributed by atoms with van der Waals surface area (Å²) < 4.78 is 15.8. The summed E-state index contributed by atoms with van der Waals surface area (Å²) in [5.74, 6) is 0.409. The van der Waals surface area contributed by atoms with E-state index in [9.17, 15) is 9.59 Å². The van der Waals surface area contributed by atoms with E-state index < -0.39 is 17.0 Å². The largest absolute Gasteiger partial charge is 0.497 e. The molecule has 0 spiro atoms. The molecule has 0 aliphatic heterocycles. The number of carbonyl (C=O) groups is 1. The lowest BCUT2D eigenvalue weighted by Gasteiger charge is -2.10. The van der Waals surface area contributed by atoms with Gasteiger partial charge in [0.05, 0.1) is 12.7 Å². The number of ether oxygens (including phenoxy) is 2. The van der Waals surface area contributed by atoms with Crippen LogP contribution >= 0.6 is 11.6 Å². The first-order valence-electron chi connectivity index (χ1n) is 7.98. The van der Waals surface area contributed by atoms with Crippen molar-refractivity contribution in [3.05, 3.63) is 58.4 Å². The van der Waals surface area contributed by atoms with Gasteiger partial charge in [-0.1, -0.05) is 12.1 Å². The van der Waals surface area contributed by atoms with Crippen LogP contribution in [0.3, 0.4) is 0 Å². The quantitative estimate of drug-likeness (QED) is 0.295. The fourth-order valence-electron chi connectivity index (χ4n) is 2.69. The van der Waals surface area contributed by atoms with Crippen molar-refractivity contribution in [3.8, 4) is 22.6 Å². The van der Waals surface area contributed by atoms with Gasteiger partial charge in [-0.2, -0.15) is 0 Å². The van der Waals surface area contributed by atoms with Crippen LogP contribution in [0.2, 0.25) is 0 Å². The molecule has 0 aliphatic carbocycles. The molecular weight excluding hydrogens is 356 g/mol. The molecule has 0 radical (unpaired) electrons. The fraction of sp³-hybridized carbons (Fsp3) is 0.200. The number of hydrogen-bond donors (Lipinski definition) is 0. The topological polar surface area (TPSA) is 65.7 Å². The minimum absolute atomic E-state index is 0.273. The highest BCUT2D eigenvalue weighted by Gasteiger charge is 2.16. The molecular formula is C20H17ClO5. The van der Waals surface area contributed by atoms with Gasteiger partial charge in [-0.15, -0.1) is 11.6 Å². The van der Waals surface area contributed by atoms with Gasteiger partial charge in [-0.3, -0.25) is 4.79 Å². The van der Waals surface area contributed by atoms with E-state index in [-0.39, 0.29) is 5.75 Å². The summed E-state index contributed by atoms with van der Waals surface area (Å²) >= 11 is 5.70. The number of fused-ring (bicyclic) bond motifs is 1. The normalized spacial score (nSPS) is 12.0. The van der Waals surface area contributed by atoms with E-state index in [2.05, 4.69) is 0 Å². The Morgan fingerprint density at radius 3 is 2.38 bits per heavy atom. The average Bonchev–Trinajstić information content (AvgIpc) is 2.62. The van der Waals surface area contributed by atoms with Gasteiger partial charge in [0.2, 0.25) is 0 Å². The third-order valence-corrected chi connectivity index (χ3v) is 4.24. The van der Waals surface area contributed by atoms with Crippen molar-refractivity contribution < 1.29 is 18.7 Å². The van der Waals surface area contributed by atoms with Gasteiger partial charge >= 0.3 is 11.6 Å². The van der Waals surface area contributed by atoms with E-state index in [0.717, 1.165) is 16.5 Å². The summed E-state index contributed by atoms with van der Waals surface area (Å²) in [6, 6.07) is 12.1. The molecule has 26 heavy (non-hydrogen) atoms. The fourth-order valence-corrected chi connectivity index (χ4v) is 2.73. The Bertz CT molecular complexity index is 1020. The standard InChI is InChI=1S/C20H17ClO5/c1-11-16-9-8-15(25-19(22)12(2)21)10-17(16)26-20(23)18(11)13-4-6-14(24-3)7-5-13/h4-10,12H,1-3H3. The Hall–Kier alpha value is -2.79. The van der Waals surface area contributed by atoms with Crippen molar-refractivity contribution >= 4 is 28.5 Å². The smallest absolute Gasteiger partial charge is 0.344 e. The molecule has 0 saturated carbocycles. The zero-order chi connectivity index (χ0) is 18.8. The first-order chi connectivity index (χ1) is 12.4. The van der Waals surface area contributed by atoms with Crippen molar-refractivity contribution in [2.75, 3.05) is 7.11 Å². The average molecular weight is 373 g/mol. The van der Waals surface area contributed by atoms with Crippen LogP contribution in [-0.4, -0.2) is 18.5 Å². The number of aryl methyl sites for hydroxylation is 1. The highest BCUT2D eigenvalue weighted by molar-refractivity contribution is 6.29. The number of carbonyl (C=O) groups excluding carboxylic acids is 1. The van der Waals surface area contributed by atoms with Gasteiger partial charge in [0, 0.05) is 11.5 Å². The van der Waals surface area contributed by atoms with E-state index in [0.29, 0.717) is 16.9 Å². The van der Waals surface area contributed by atoms with Crippen LogP contribution in [0, 0.1) is 6.92 Å². The zero-order valence-corrected chi connectivity index (χ0v) is 15.3. The summed E-state index contributed by atoms with van der Waals surface area (Å²) in [7, 11) is 1.58. The second kappa shape index (κ2) is 7.22. The molecule has 3 rings (SSSR count). The lowest BCUT2D eigenvalue weighted by molar-refractivity contribution is -0.133. The van der Waals surface area contributed by atoms with Crippen molar-refractivity contribution in [1.82, 2.24) is 0 Å². The van der Waals surface area contributed by atoms with Gasteiger partial charge in [-0.25, -0.2) is 4.79 Å². The SMILES string of the molecule is COc1ccc(-c2c(C)c3ccc(OC(=O)C(C)Cl)cc3oc2=O)cc1. The van der Waals surface area contributed by atoms with E-state index in [1.165, 1.54) is 13.0 Å². The number of halogens is 1. The summed E-state index contributed by atoms with van der Waals surface area (Å²) in [5, 5.41) is -0.00831. The number of rotatable bonds is 4. The van der Waals surface area contributed by atoms with Crippen LogP contribution in [0.5, 0.6) is 11.5 Å². The summed E-state index contributed by atoms with van der Waals surface area (Å²) in [4.78, 5) is 24.1. The number of methoxy groups -OCH3 is 1. The predicted octanol–water partition coefficient (Wildman–Crippen LogP) is 4.31. The van der Waals surface area contributed by atoms with Crippen LogP contribution < -0.4 is 15.1 Å². The van der Waals surface area contributed by atoms with Gasteiger partial charge in [-0.05, 0) is 49.2 Å². The first-order valence-corrected chi connectivity index (χ1v) is 8.42. The maximum Gasteiger partial charge on any atom is 0.344 e. The van der Waals surface area contributed by atoms with Gasteiger partial charge < -0.3 is 13.9 Å². The van der Waals surface area contributed by atoms with E-state index in [1.54, 1.807) is 31.4 Å². The van der Waals surface area contributed by atoms with Crippen molar-refractivity contribution in [2.24, 2.45) is 0 Å². The van der Waals surface area contributed by atoms with Crippen LogP contribution in [0.15, 0.2) is 51.7 Å². The maximum absolute atomic E-state index is 12.5. The Kier molecular flexibility index (Phi) is 5.00. The first kappa shape index (κ1) is 18.0. The molecule has 1 atom stereocenters. The van der Waals surface area contributed by atoms with Crippen LogP contribution in [0.1, 0.15) is 12.5 Å². The van der Waals surface area contributed by atoms with Crippen molar-refractivity contribution in [1.29, 1.82) is 0 Å². The molecule has 0 saturated heterocycles. The molecule has 0 fully saturated rings. The van der Waals surface area contributed by atoms with Gasteiger partial charge in [0.25, 0.3) is 0 Å². The summed E-state index contributed by atoms with van der Waals surface area (Å²) in [6.45, 7) is 3.38. The number of hydrogen-bond acceptors (Lipinski definition) is 5. The third kappa shape index (κ3) is 3.44. The Morgan fingerprint density at radius 1 is 1.12 bits per heavy atom. The minimum Gasteiger partial charge on any atom is -0.497 e. The van der Waals surface area contributed by atoms with Crippen LogP contribution in [0.4, 0.5) is 0 Å². The summed E-state index contributed by atoms with van der Waals surface area (Å²) in [6.07, 6.45) is 0. The van der Waals surface area contributed by atoms with Gasteiger partial charge in [0.15, 0.2) is 0 Å². The molecule has 0 amide bonds. The minimum atomic E-state index is -0.767. The monoisotopic (exact) mass is 372 g/mol. The molecule has 0 bridgehead atoms. The molecule has 1 unspecified atom stereocenters. The Balaban J connectivity index is 2.07. The molecule has 0 N–H and O–H groups in total. The van der Waals surface area contributed by atoms with Crippen molar-refractivity contribution in [3.63, 3.8) is 0 Å². The van der Waals surface area contributed by atoms with E-state index in [4.69, 9.17) is 25.5 Å². The molecule has 5 nitrogen and oxygen atoms in total. The molecule has 3 aromatic rings. The third-order valence-electron chi connectivity index (χ3n) is 4.06. The molecule has 6 heteroatoms. The van der Waals surface area contributed by atoms with Crippen LogP contribution in [-0.2, 0) is 4.79 Å². The number of esters is 1. The molecule has 134 valence electrons. The molecule has 2 aromatic carbocycles. The predicted molar refractivity (Wildman–Crippen MR) is 100 cm³/mol. The highest BCUT2D eigenvalue weighted by Crippen LogP contribution is 2.30. The lowest BCUT2D eigenvalue weighted by atomic mass is 9.99. The zero-order valence-electron chi connectivity index (χ0n) is 14.5. The number of benzene rings is 2. The summed E-state index contributed by atoms with van der Waals surface area (Å²) in [5.41, 5.74) is 1.89. The van der Waals surface area contributed by atoms with Crippen LogP contribution in [0.25, 0.3) is 22.1 Å². The second-order valence-electron chi connectivity index (χ2n) is 5.81. The van der Waals surface area contributed by atoms with E-state index in [1.807, 2.05) is 19.1 Å². The van der Waals surface area contributed by atoms with Gasteiger partial charge in [0.1, 0.15) is 22.5 Å². The molecule has 0 aliphatic rings. The molecule has 1 heterocycles. The molecule has 1 aromatic heterocycles.